The fraction of sp³-hybridized carbons (Fsp3) is 0.550. The molecule has 1 fully saturated rings. The summed E-state index contributed by atoms with van der Waals surface area (Å²) in [4.78, 5) is 24.0. The molecule has 2 N–H and O–H groups in total. The van der Waals surface area contributed by atoms with Crippen LogP contribution >= 0.6 is 0 Å². The van der Waals surface area contributed by atoms with Gasteiger partial charge in [-0.05, 0) is 48.8 Å². The van der Waals surface area contributed by atoms with Crippen LogP contribution in [0.1, 0.15) is 40.0 Å². The van der Waals surface area contributed by atoms with Crippen molar-refractivity contribution in [1.82, 2.24) is 14.8 Å². The Morgan fingerprint density at radius 2 is 2.22 bits per heavy atom. The Morgan fingerprint density at radius 1 is 1.41 bits per heavy atom. The molecule has 0 aliphatic heterocycles. The zero-order chi connectivity index (χ0) is 19.4. The Bertz CT molecular complexity index is 826. The van der Waals surface area contributed by atoms with E-state index in [0.717, 1.165) is 12.8 Å². The quantitative estimate of drug-likeness (QED) is 0.816. The zero-order valence-corrected chi connectivity index (χ0v) is 16.1. The molecule has 3 atom stereocenters. The predicted molar refractivity (Wildman–Crippen MR) is 104 cm³/mol. The predicted octanol–water partition coefficient (Wildman–Crippen LogP) is 2.98. The van der Waals surface area contributed by atoms with Gasteiger partial charge in [0, 0.05) is 5.69 Å². The molecule has 27 heavy (non-hydrogen) atoms. The van der Waals surface area contributed by atoms with E-state index in [4.69, 9.17) is 4.74 Å². The molecule has 7 nitrogen and oxygen atoms in total. The first-order valence-corrected chi connectivity index (χ1v) is 9.58. The smallest absolute Gasteiger partial charge is 0.347 e. The summed E-state index contributed by atoms with van der Waals surface area (Å²) in [6.07, 6.45) is 4.94. The molecule has 1 aliphatic rings. The highest BCUT2D eigenvalue weighted by Crippen LogP contribution is 2.35. The summed E-state index contributed by atoms with van der Waals surface area (Å²) >= 11 is 0. The van der Waals surface area contributed by atoms with Crippen molar-refractivity contribution in [1.29, 1.82) is 0 Å². The Kier molecular flexibility index (Phi) is 6.11. The second kappa shape index (κ2) is 8.52. The lowest BCUT2D eigenvalue weighted by Gasteiger charge is -2.37. The van der Waals surface area contributed by atoms with E-state index in [9.17, 15) is 9.59 Å². The van der Waals surface area contributed by atoms with Crippen molar-refractivity contribution in [3.63, 3.8) is 0 Å². The Balaban J connectivity index is 1.59. The van der Waals surface area contributed by atoms with Crippen molar-refractivity contribution in [3.8, 4) is 5.69 Å². The topological polar surface area (TPSA) is 89.0 Å². The van der Waals surface area contributed by atoms with Crippen LogP contribution in [0, 0.1) is 17.8 Å². The molecule has 1 heterocycles. The number of benzene rings is 1. The van der Waals surface area contributed by atoms with E-state index in [0.29, 0.717) is 29.1 Å². The van der Waals surface area contributed by atoms with Crippen molar-refractivity contribution < 1.29 is 9.53 Å². The molecule has 0 spiro atoms. The molecule has 1 aromatic heterocycles. The van der Waals surface area contributed by atoms with Gasteiger partial charge in [-0.15, -0.1) is 0 Å². The van der Waals surface area contributed by atoms with Crippen LogP contribution in [-0.4, -0.2) is 33.4 Å². The molecule has 3 rings (SSSR count). The van der Waals surface area contributed by atoms with E-state index in [1.165, 1.54) is 17.3 Å². The SMILES string of the molecule is CC1CCC(C(C)C)C(OCC(=O)Nc2cccc(-n3cn[nH]c3=O)c2)C1. The average Bonchev–Trinajstić information content (AvgIpc) is 3.06. The minimum atomic E-state index is -0.326. The third kappa shape index (κ3) is 4.86. The summed E-state index contributed by atoms with van der Waals surface area (Å²) in [7, 11) is 0. The van der Waals surface area contributed by atoms with Gasteiger partial charge in [0.2, 0.25) is 5.91 Å². The summed E-state index contributed by atoms with van der Waals surface area (Å²) in [6, 6.07) is 7.07. The molecule has 146 valence electrons. The summed E-state index contributed by atoms with van der Waals surface area (Å²) < 4.78 is 7.38. The summed E-state index contributed by atoms with van der Waals surface area (Å²) in [5, 5.41) is 8.91. The number of nitrogens with zero attached hydrogens (tertiary/aromatic N) is 2. The second-order valence-corrected chi connectivity index (χ2v) is 7.81. The minimum absolute atomic E-state index is 0.0382. The largest absolute Gasteiger partial charge is 0.368 e. The van der Waals surface area contributed by atoms with Gasteiger partial charge >= 0.3 is 5.69 Å². The zero-order valence-electron chi connectivity index (χ0n) is 16.1. The van der Waals surface area contributed by atoms with E-state index >= 15 is 0 Å². The Labute approximate surface area is 159 Å². The molecule has 1 saturated carbocycles. The van der Waals surface area contributed by atoms with Crippen LogP contribution in [0.4, 0.5) is 5.69 Å². The van der Waals surface area contributed by atoms with Gasteiger partial charge < -0.3 is 10.1 Å². The molecular weight excluding hydrogens is 344 g/mol. The first-order chi connectivity index (χ1) is 12.9. The summed E-state index contributed by atoms with van der Waals surface area (Å²) in [6.45, 7) is 6.73. The number of anilines is 1. The number of carbonyl (C=O) groups excluding carboxylic acids is 1. The lowest BCUT2D eigenvalue weighted by Crippen LogP contribution is -2.36. The number of hydrogen-bond acceptors (Lipinski definition) is 4. The van der Waals surface area contributed by atoms with Gasteiger partial charge in [-0.1, -0.05) is 33.3 Å². The number of aromatic amines is 1. The van der Waals surface area contributed by atoms with Gasteiger partial charge in [0.25, 0.3) is 0 Å². The molecule has 2 aromatic rings. The van der Waals surface area contributed by atoms with Gasteiger partial charge in [0.05, 0.1) is 11.8 Å². The highest BCUT2D eigenvalue weighted by atomic mass is 16.5. The fourth-order valence-corrected chi connectivity index (χ4v) is 3.85. The summed E-state index contributed by atoms with van der Waals surface area (Å²) in [5.41, 5.74) is 0.924. The third-order valence-corrected chi connectivity index (χ3v) is 5.35. The number of nitrogens with one attached hydrogen (secondary N) is 2. The Hall–Kier alpha value is -2.41. The van der Waals surface area contributed by atoms with Crippen LogP contribution in [-0.2, 0) is 9.53 Å². The van der Waals surface area contributed by atoms with Crippen molar-refractivity contribution >= 4 is 11.6 Å². The number of H-pyrrole nitrogens is 1. The van der Waals surface area contributed by atoms with Crippen molar-refractivity contribution in [2.45, 2.75) is 46.1 Å². The van der Waals surface area contributed by atoms with Gasteiger partial charge in [0.1, 0.15) is 12.9 Å². The van der Waals surface area contributed by atoms with Crippen LogP contribution in [0.5, 0.6) is 0 Å². The molecule has 0 saturated heterocycles. The molecule has 0 radical (unpaired) electrons. The Morgan fingerprint density at radius 3 is 2.93 bits per heavy atom. The molecule has 1 amide bonds. The lowest BCUT2D eigenvalue weighted by molar-refractivity contribution is -0.126. The number of aromatic nitrogens is 3. The normalized spacial score (nSPS) is 22.7. The third-order valence-electron chi connectivity index (χ3n) is 5.35. The first-order valence-electron chi connectivity index (χ1n) is 9.58. The number of hydrogen-bond donors (Lipinski definition) is 2. The highest BCUT2D eigenvalue weighted by Gasteiger charge is 2.31. The monoisotopic (exact) mass is 372 g/mol. The molecular formula is C20H28N4O3. The number of amides is 1. The van der Waals surface area contributed by atoms with Crippen LogP contribution in [0.25, 0.3) is 5.69 Å². The molecule has 0 bridgehead atoms. The van der Waals surface area contributed by atoms with E-state index in [-0.39, 0.29) is 24.3 Å². The maximum absolute atomic E-state index is 12.4. The lowest BCUT2D eigenvalue weighted by atomic mass is 9.75. The van der Waals surface area contributed by atoms with Gasteiger partial charge in [-0.25, -0.2) is 14.5 Å². The average molecular weight is 372 g/mol. The van der Waals surface area contributed by atoms with Crippen LogP contribution in [0.15, 0.2) is 35.4 Å². The van der Waals surface area contributed by atoms with Crippen molar-refractivity contribution in [3.05, 3.63) is 41.1 Å². The van der Waals surface area contributed by atoms with Gasteiger partial charge in [-0.3, -0.25) is 4.79 Å². The van der Waals surface area contributed by atoms with Crippen molar-refractivity contribution in [2.24, 2.45) is 17.8 Å². The van der Waals surface area contributed by atoms with Crippen LogP contribution < -0.4 is 11.0 Å². The van der Waals surface area contributed by atoms with E-state index in [1.54, 1.807) is 24.3 Å². The number of ether oxygens (including phenoxy) is 1. The fourth-order valence-electron chi connectivity index (χ4n) is 3.85. The van der Waals surface area contributed by atoms with Crippen LogP contribution in [0.2, 0.25) is 0 Å². The van der Waals surface area contributed by atoms with E-state index in [2.05, 4.69) is 36.3 Å². The second-order valence-electron chi connectivity index (χ2n) is 7.81. The molecule has 7 heteroatoms. The molecule has 1 aromatic carbocycles. The highest BCUT2D eigenvalue weighted by molar-refractivity contribution is 5.91. The maximum Gasteiger partial charge on any atom is 0.347 e. The molecule has 1 aliphatic carbocycles. The van der Waals surface area contributed by atoms with Crippen molar-refractivity contribution in [2.75, 3.05) is 11.9 Å². The van der Waals surface area contributed by atoms with Gasteiger partial charge in [-0.2, -0.15) is 5.10 Å². The maximum atomic E-state index is 12.4. The first kappa shape index (κ1) is 19.4. The molecule has 3 unspecified atom stereocenters. The number of carbonyl (C=O) groups is 1. The number of rotatable bonds is 6. The standard InChI is InChI=1S/C20H28N4O3/c1-13(2)17-8-7-14(3)9-18(17)27-11-19(25)22-15-5-4-6-16(10-15)24-12-21-23-20(24)26/h4-6,10,12-14,17-18H,7-9,11H2,1-3H3,(H,22,25)(H,23,26). The summed E-state index contributed by atoms with van der Waals surface area (Å²) in [5.74, 6) is 1.51. The van der Waals surface area contributed by atoms with Gasteiger partial charge in [0.15, 0.2) is 0 Å². The van der Waals surface area contributed by atoms with E-state index in [1.807, 2.05) is 0 Å². The van der Waals surface area contributed by atoms with Crippen LogP contribution in [0.3, 0.4) is 0 Å². The van der Waals surface area contributed by atoms with E-state index < -0.39 is 0 Å². The minimum Gasteiger partial charge on any atom is -0.368 e.